The molecule has 0 aromatic heterocycles. The Hall–Kier alpha value is -1.49. The predicted molar refractivity (Wildman–Crippen MR) is 71.5 cm³/mol. The van der Waals surface area contributed by atoms with Crippen molar-refractivity contribution >= 4 is 5.91 Å². The number of nitrogens with one attached hydrogen (secondary N) is 3. The molecule has 3 heterocycles. The summed E-state index contributed by atoms with van der Waals surface area (Å²) in [6, 6.07) is 0. The van der Waals surface area contributed by atoms with Gasteiger partial charge in [-0.15, -0.1) is 0 Å². The van der Waals surface area contributed by atoms with Gasteiger partial charge in [-0.25, -0.2) is 0 Å². The first-order chi connectivity index (χ1) is 9.31. The second-order valence-electron chi connectivity index (χ2n) is 5.86. The molecule has 0 saturated carbocycles. The van der Waals surface area contributed by atoms with Crippen LogP contribution in [0, 0.1) is 0 Å². The highest BCUT2D eigenvalue weighted by Gasteiger charge is 2.35. The lowest BCUT2D eigenvalue weighted by molar-refractivity contribution is -0.119. The highest BCUT2D eigenvalue weighted by atomic mass is 16.2. The normalized spacial score (nSPS) is 30.7. The first-order valence-corrected chi connectivity index (χ1v) is 7.32. The zero-order valence-electron chi connectivity index (χ0n) is 11.1. The number of carbonyl (C=O) groups is 1. The maximum Gasteiger partial charge on any atom is 0.221 e. The van der Waals surface area contributed by atoms with E-state index in [2.05, 4.69) is 21.1 Å². The molecule has 1 fully saturated rings. The third kappa shape index (κ3) is 1.84. The first kappa shape index (κ1) is 11.3. The molecular formula is C14H20N4O. The third-order valence-electron chi connectivity index (χ3n) is 4.66. The molecule has 0 spiro atoms. The molecule has 0 aromatic rings. The summed E-state index contributed by atoms with van der Waals surface area (Å²) in [4.78, 5) is 11.3. The quantitative estimate of drug-likeness (QED) is 0.650. The van der Waals surface area contributed by atoms with Gasteiger partial charge in [0.2, 0.25) is 5.91 Å². The van der Waals surface area contributed by atoms with Crippen LogP contribution in [0.3, 0.4) is 0 Å². The highest BCUT2D eigenvalue weighted by molar-refractivity contribution is 5.78. The van der Waals surface area contributed by atoms with Gasteiger partial charge in [-0.3, -0.25) is 4.79 Å². The van der Waals surface area contributed by atoms with E-state index in [1.165, 1.54) is 37.1 Å². The predicted octanol–water partition coefficient (Wildman–Crippen LogP) is 0.728. The van der Waals surface area contributed by atoms with Crippen LogP contribution < -0.4 is 16.1 Å². The smallest absolute Gasteiger partial charge is 0.221 e. The summed E-state index contributed by atoms with van der Waals surface area (Å²) < 4.78 is 0. The molecule has 1 amide bonds. The Morgan fingerprint density at radius 2 is 2.00 bits per heavy atom. The van der Waals surface area contributed by atoms with Crippen molar-refractivity contribution in [2.45, 2.75) is 44.7 Å². The number of amides is 1. The van der Waals surface area contributed by atoms with Gasteiger partial charge >= 0.3 is 0 Å². The van der Waals surface area contributed by atoms with Crippen molar-refractivity contribution in [3.05, 3.63) is 22.5 Å². The van der Waals surface area contributed by atoms with E-state index in [-0.39, 0.29) is 12.1 Å². The lowest BCUT2D eigenvalue weighted by Crippen LogP contribution is -2.48. The zero-order chi connectivity index (χ0) is 12.8. The molecule has 1 aliphatic carbocycles. The van der Waals surface area contributed by atoms with Crippen molar-refractivity contribution in [2.24, 2.45) is 0 Å². The molecular weight excluding hydrogens is 240 g/mol. The van der Waals surface area contributed by atoms with Crippen molar-refractivity contribution in [3.63, 3.8) is 0 Å². The van der Waals surface area contributed by atoms with Gasteiger partial charge in [0, 0.05) is 25.1 Å². The minimum atomic E-state index is 0.146. The molecule has 0 radical (unpaired) electrons. The van der Waals surface area contributed by atoms with Crippen LogP contribution in [0.25, 0.3) is 0 Å². The van der Waals surface area contributed by atoms with Gasteiger partial charge in [-0.1, -0.05) is 0 Å². The SMILES string of the molecule is O=C1CC[C@@H](N2CC3=C(NCC4=C3CCCC4)N2)N1. The topological polar surface area (TPSA) is 56.4 Å². The number of hydrazine groups is 1. The van der Waals surface area contributed by atoms with E-state index in [0.29, 0.717) is 6.42 Å². The van der Waals surface area contributed by atoms with E-state index in [9.17, 15) is 4.79 Å². The fraction of sp³-hybridized carbons (Fsp3) is 0.643. The van der Waals surface area contributed by atoms with Crippen molar-refractivity contribution in [2.75, 3.05) is 13.1 Å². The number of hydrogen-bond donors (Lipinski definition) is 3. The van der Waals surface area contributed by atoms with E-state index < -0.39 is 0 Å². The van der Waals surface area contributed by atoms with Crippen LogP contribution in [0.2, 0.25) is 0 Å². The van der Waals surface area contributed by atoms with Crippen LogP contribution in [-0.2, 0) is 4.79 Å². The molecule has 19 heavy (non-hydrogen) atoms. The number of carbonyl (C=O) groups excluding carboxylic acids is 1. The molecule has 4 aliphatic rings. The van der Waals surface area contributed by atoms with E-state index in [1.807, 2.05) is 0 Å². The van der Waals surface area contributed by atoms with E-state index >= 15 is 0 Å². The fourth-order valence-corrected chi connectivity index (χ4v) is 3.63. The van der Waals surface area contributed by atoms with Crippen LogP contribution in [0.15, 0.2) is 22.5 Å². The largest absolute Gasteiger partial charge is 0.367 e. The molecule has 1 saturated heterocycles. The van der Waals surface area contributed by atoms with Crippen LogP contribution in [0.1, 0.15) is 38.5 Å². The number of nitrogens with zero attached hydrogens (tertiary/aromatic N) is 1. The second-order valence-corrected chi connectivity index (χ2v) is 5.86. The Bertz CT molecular complexity index is 494. The lowest BCUT2D eigenvalue weighted by Gasteiger charge is -2.26. The standard InChI is InChI=1S/C14H20N4O/c19-13-6-5-12(16-13)18-8-11-10-4-2-1-3-9(10)7-15-14(11)17-18/h12,15,17H,1-8H2,(H,16,19)/t12-/m1/s1. The van der Waals surface area contributed by atoms with Crippen molar-refractivity contribution in [1.82, 2.24) is 21.1 Å². The first-order valence-electron chi connectivity index (χ1n) is 7.32. The molecule has 0 bridgehead atoms. The Morgan fingerprint density at radius 3 is 2.84 bits per heavy atom. The summed E-state index contributed by atoms with van der Waals surface area (Å²) in [6.07, 6.45) is 6.82. The van der Waals surface area contributed by atoms with Gasteiger partial charge in [-0.05, 0) is 43.3 Å². The van der Waals surface area contributed by atoms with E-state index in [1.54, 1.807) is 11.1 Å². The molecule has 5 heteroatoms. The summed E-state index contributed by atoms with van der Waals surface area (Å²) in [5, 5.41) is 8.71. The van der Waals surface area contributed by atoms with Crippen LogP contribution in [0.4, 0.5) is 0 Å². The Kier molecular flexibility index (Phi) is 2.55. The highest BCUT2D eigenvalue weighted by Crippen LogP contribution is 2.35. The third-order valence-corrected chi connectivity index (χ3v) is 4.66. The Morgan fingerprint density at radius 1 is 1.11 bits per heavy atom. The minimum absolute atomic E-state index is 0.146. The zero-order valence-corrected chi connectivity index (χ0v) is 11.1. The average molecular weight is 260 g/mol. The van der Waals surface area contributed by atoms with Gasteiger partial charge in [0.25, 0.3) is 0 Å². The summed E-state index contributed by atoms with van der Waals surface area (Å²) >= 11 is 0. The summed E-state index contributed by atoms with van der Waals surface area (Å²) in [5.74, 6) is 1.34. The number of fused-ring (bicyclic) bond motifs is 1. The minimum Gasteiger partial charge on any atom is -0.367 e. The van der Waals surface area contributed by atoms with Crippen LogP contribution in [0.5, 0.6) is 0 Å². The summed E-state index contributed by atoms with van der Waals surface area (Å²) in [5.41, 5.74) is 8.06. The summed E-state index contributed by atoms with van der Waals surface area (Å²) in [7, 11) is 0. The van der Waals surface area contributed by atoms with Crippen molar-refractivity contribution < 1.29 is 4.79 Å². The van der Waals surface area contributed by atoms with Crippen LogP contribution >= 0.6 is 0 Å². The number of dihydropyridines is 1. The van der Waals surface area contributed by atoms with E-state index in [0.717, 1.165) is 19.5 Å². The molecule has 1 atom stereocenters. The molecule has 0 aromatic carbocycles. The van der Waals surface area contributed by atoms with Gasteiger partial charge in [0.05, 0.1) is 0 Å². The molecule has 0 unspecified atom stereocenters. The van der Waals surface area contributed by atoms with Gasteiger partial charge in [0.15, 0.2) is 0 Å². The molecule has 102 valence electrons. The average Bonchev–Trinajstić information content (AvgIpc) is 3.04. The maximum atomic E-state index is 11.3. The van der Waals surface area contributed by atoms with Crippen molar-refractivity contribution in [3.8, 4) is 0 Å². The van der Waals surface area contributed by atoms with Crippen molar-refractivity contribution in [1.29, 1.82) is 0 Å². The monoisotopic (exact) mass is 260 g/mol. The Labute approximate surface area is 113 Å². The van der Waals surface area contributed by atoms with E-state index in [4.69, 9.17) is 0 Å². The Balaban J connectivity index is 1.54. The fourth-order valence-electron chi connectivity index (χ4n) is 3.63. The molecule has 3 aliphatic heterocycles. The summed E-state index contributed by atoms with van der Waals surface area (Å²) in [6.45, 7) is 1.90. The second kappa shape index (κ2) is 4.27. The molecule has 4 rings (SSSR count). The van der Waals surface area contributed by atoms with Gasteiger partial charge in [-0.2, -0.15) is 5.01 Å². The molecule has 3 N–H and O–H groups in total. The molecule has 5 nitrogen and oxygen atoms in total. The lowest BCUT2D eigenvalue weighted by atomic mass is 9.85. The van der Waals surface area contributed by atoms with Crippen LogP contribution in [-0.4, -0.2) is 30.2 Å². The van der Waals surface area contributed by atoms with Gasteiger partial charge in [0.1, 0.15) is 12.0 Å². The number of hydrogen-bond acceptors (Lipinski definition) is 4. The van der Waals surface area contributed by atoms with Gasteiger partial charge < -0.3 is 16.1 Å². The maximum absolute atomic E-state index is 11.3. The number of rotatable bonds is 1.